The van der Waals surface area contributed by atoms with E-state index in [1.165, 1.54) is 87.4 Å². The van der Waals surface area contributed by atoms with Gasteiger partial charge in [-0.15, -0.1) is 0 Å². The van der Waals surface area contributed by atoms with Crippen LogP contribution in [0.2, 0.25) is 0 Å². The minimum atomic E-state index is -3.84. The highest BCUT2D eigenvalue weighted by Crippen LogP contribution is 2.20. The molecule has 0 amide bonds. The van der Waals surface area contributed by atoms with Crippen molar-refractivity contribution in [2.45, 2.75) is 77.1 Å². The van der Waals surface area contributed by atoms with E-state index in [4.69, 9.17) is 0 Å². The van der Waals surface area contributed by atoms with E-state index in [0.29, 0.717) is 23.6 Å². The van der Waals surface area contributed by atoms with E-state index in [0.717, 1.165) is 229 Å². The Kier molecular flexibility index (Phi) is 36.8. The minimum Gasteiger partial charge on any atom is -0.262 e. The van der Waals surface area contributed by atoms with Gasteiger partial charge < -0.3 is 0 Å². The molecule has 0 radical (unpaired) electrons. The second-order valence-corrected chi connectivity index (χ2v) is 43.2. The minimum absolute atomic E-state index is 0.0814. The molecule has 61 heteroatoms. The maximum Gasteiger partial charge on any atom is 0.372 e. The Hall–Kier alpha value is -18.2. The highest BCUT2D eigenvalue weighted by Gasteiger charge is 2.20. The Morgan fingerprint density at radius 2 is 0.497 bits per heavy atom. The van der Waals surface area contributed by atoms with Gasteiger partial charge in [-0.25, -0.2) is 101 Å². The number of halogens is 2. The van der Waals surface area contributed by atoms with Crippen molar-refractivity contribution < 1.29 is 67.7 Å². The van der Waals surface area contributed by atoms with Crippen LogP contribution in [-0.4, -0.2) is 219 Å². The fourth-order valence-corrected chi connectivity index (χ4v) is 17.3. The van der Waals surface area contributed by atoms with Crippen molar-refractivity contribution >= 4 is 112 Å². The molecular formula is C88H83F2N31O21S7. The first kappa shape index (κ1) is 111. The standard InChI is InChI=1S/C17H16N4O3S.C15H13N5O3S.C14H10FN5O3S.C12H14N4O3S.C11H12N4O3S.C10H9FN4O3S.C9H9N5O3S/c1-14-7-9-16(10-8-14)25(23,24)12-11-20-17(22)21(19-18-20)13-15-5-3-2-4-6-15;1-12-4-6-14(7-5-12)24(22,23)10-9-19-15(21)20(18-17-19)13-3-2-8-16-11-13;15-11-3-5-13(6-4-11)24(22,23)9-8-19-14(21)20(18-17-19)12-2-1-7-16-10-12;1-3-15-12(17)16(14-13-15)8-9-20(18,19)11-6-4-10(2)5-7-11;1-9-3-5-10(6-4-9)19(17,18)8-7-15-11(16)14(2)12-13-15;1-14-10(16)15(13-12-14)6-7-19(17,18)9-4-2-8(11)3-5-9;1-18(16,17)6-5-13-9(15)14(12-11-13)8-3-2-4-10-7-8/h2-12H,13H2,1H3;2-11H,1H3;1-10H;4-9H,3H2,1-2H3;3-8H,1-2H3;2-7H,1H3;2-7H,1H3/b12-11+;10-9+;2*9-8+;8-7+;7-6+;6-5+. The summed E-state index contributed by atoms with van der Waals surface area (Å²) >= 11 is 0. The van der Waals surface area contributed by atoms with Crippen molar-refractivity contribution in [3.63, 3.8) is 0 Å². The van der Waals surface area contributed by atoms with Gasteiger partial charge in [0.2, 0.25) is 59.0 Å². The second-order valence-electron chi connectivity index (χ2n) is 30.3. The van der Waals surface area contributed by atoms with Gasteiger partial charge >= 0.3 is 39.8 Å². The summed E-state index contributed by atoms with van der Waals surface area (Å²) in [6, 6.07) is 53.5. The fourth-order valence-electron chi connectivity index (χ4n) is 11.3. The molecule has 17 aromatic rings. The summed E-state index contributed by atoms with van der Waals surface area (Å²) in [5, 5.41) is 56.4. The predicted octanol–water partition coefficient (Wildman–Crippen LogP) is 3.77. The molecule has 0 N–H and O–H groups in total. The lowest BCUT2D eigenvalue weighted by molar-refractivity contribution is 0.601. The van der Waals surface area contributed by atoms with Crippen molar-refractivity contribution in [3.8, 4) is 17.1 Å². The number of pyridine rings is 3. The molecule has 0 atom stereocenters. The lowest BCUT2D eigenvalue weighted by Crippen LogP contribution is -2.23. The van der Waals surface area contributed by atoms with E-state index in [-0.39, 0.29) is 35.9 Å². The normalized spacial score (nSPS) is 12.0. The van der Waals surface area contributed by atoms with Crippen LogP contribution in [0.3, 0.4) is 0 Å². The van der Waals surface area contributed by atoms with Crippen LogP contribution >= 0.6 is 0 Å². The lowest BCUT2D eigenvalue weighted by atomic mass is 10.2. The van der Waals surface area contributed by atoms with Gasteiger partial charge in [-0.2, -0.15) is 65.5 Å². The van der Waals surface area contributed by atoms with Gasteiger partial charge in [-0.05, 0) is 247 Å². The van der Waals surface area contributed by atoms with Crippen LogP contribution in [0.15, 0.2) is 350 Å². The molecular weight excluding hydrogens is 2090 g/mol. The van der Waals surface area contributed by atoms with Gasteiger partial charge in [0.1, 0.15) is 11.6 Å². The number of benzene rings is 7. The third-order valence-electron chi connectivity index (χ3n) is 19.2. The summed E-state index contributed by atoms with van der Waals surface area (Å²) in [7, 11) is -22.7. The van der Waals surface area contributed by atoms with Gasteiger partial charge in [-0.1, -0.05) is 101 Å². The molecule has 0 aliphatic rings. The summed E-state index contributed by atoms with van der Waals surface area (Å²) in [5.74, 6) is -1.08. The Balaban J connectivity index is 0.000000166. The Morgan fingerprint density at radius 3 is 0.738 bits per heavy atom. The van der Waals surface area contributed by atoms with Gasteiger partial charge in [0, 0.05) is 94.3 Å². The van der Waals surface area contributed by atoms with E-state index in [2.05, 4.69) is 87.9 Å². The average Bonchev–Trinajstić information content (AvgIpc) is 1.81. The van der Waals surface area contributed by atoms with Gasteiger partial charge in [0.15, 0.2) is 9.84 Å². The van der Waals surface area contributed by atoms with Crippen molar-refractivity contribution in [3.05, 3.63) is 400 Å². The molecule has 7 aromatic carbocycles. The zero-order valence-corrected chi connectivity index (χ0v) is 84.4. The van der Waals surface area contributed by atoms with Gasteiger partial charge in [0.05, 0.1) is 104 Å². The molecule has 0 spiro atoms. The molecule has 0 aliphatic carbocycles. The van der Waals surface area contributed by atoms with Crippen LogP contribution < -0.4 is 39.8 Å². The van der Waals surface area contributed by atoms with E-state index in [1.807, 2.05) is 58.0 Å². The third kappa shape index (κ3) is 31.2. The summed E-state index contributed by atoms with van der Waals surface area (Å²) in [5.41, 5.74) is 2.08. The molecule has 0 unspecified atom stereocenters. The van der Waals surface area contributed by atoms with Crippen molar-refractivity contribution in [2.24, 2.45) is 14.1 Å². The van der Waals surface area contributed by atoms with Gasteiger partial charge in [0.25, 0.3) is 0 Å². The molecule has 0 bridgehead atoms. The number of aromatic nitrogens is 31. The number of tetrazole rings is 7. The van der Waals surface area contributed by atoms with E-state index >= 15 is 0 Å². The zero-order chi connectivity index (χ0) is 108. The highest BCUT2D eigenvalue weighted by atomic mass is 32.2. The molecule has 0 saturated heterocycles. The molecule has 0 fully saturated rings. The molecule has 0 saturated carbocycles. The number of hydrogen-bond donors (Lipinski definition) is 0. The fraction of sp³-hybridized carbons (Fsp3) is 0.114. The largest absolute Gasteiger partial charge is 0.372 e. The highest BCUT2D eigenvalue weighted by molar-refractivity contribution is 7.96. The van der Waals surface area contributed by atoms with E-state index in [9.17, 15) is 101 Å². The number of nitrogens with zero attached hydrogens (tertiary/aromatic N) is 31. The van der Waals surface area contributed by atoms with Crippen molar-refractivity contribution in [1.29, 1.82) is 0 Å². The maximum absolute atomic E-state index is 12.9. The quantitative estimate of drug-likeness (QED) is 0.0696. The Morgan fingerprint density at radius 1 is 0.262 bits per heavy atom. The number of sulfone groups is 7. The SMILES string of the molecule is CCn1nnn(/C=C/S(=O)(=O)c2ccc(C)cc2)c1=O.CS(=O)(=O)/C=C/n1nnn(-c2cccnc2)c1=O.Cc1ccc(S(=O)(=O)/C=C/n2nnn(-c3cccnc3)c2=O)cc1.Cc1ccc(S(=O)(=O)/C=C/n2nnn(C)c2=O)cc1.Cc1ccc(S(=O)(=O)/C=C/n2nnn(Cc3ccccc3)c2=O)cc1.Cn1nnn(/C=C/S(=O)(=O)c2ccc(F)cc2)c1=O.O=c1n(/C=C/S(=O)(=O)c2ccc(F)cc2)nnn1-c1cccnc1. The Bertz CT molecular complexity index is 8840. The smallest absolute Gasteiger partial charge is 0.262 e. The second kappa shape index (κ2) is 49.4. The van der Waals surface area contributed by atoms with Crippen molar-refractivity contribution in [2.75, 3.05) is 6.26 Å². The molecule has 17 rings (SSSR count). The zero-order valence-electron chi connectivity index (χ0n) is 78.7. The third-order valence-corrected chi connectivity index (χ3v) is 28.3. The van der Waals surface area contributed by atoms with Crippen LogP contribution in [0.25, 0.3) is 60.5 Å². The van der Waals surface area contributed by atoms with Crippen molar-refractivity contribution in [1.82, 2.24) is 153 Å². The molecule has 772 valence electrons. The topological polar surface area (TPSA) is 647 Å². The molecule has 10 heterocycles. The van der Waals surface area contributed by atoms with Crippen LogP contribution in [-0.2, 0) is 96.0 Å². The molecule has 0 aliphatic heterocycles. The number of hydrogen-bond acceptors (Lipinski definition) is 38. The van der Waals surface area contributed by atoms with Crippen LogP contribution in [0.4, 0.5) is 8.78 Å². The average molecular weight is 2170 g/mol. The van der Waals surface area contributed by atoms with E-state index in [1.54, 1.807) is 104 Å². The summed E-state index contributed by atoms with van der Waals surface area (Å²) in [6.07, 6.45) is 17.3. The predicted molar refractivity (Wildman–Crippen MR) is 533 cm³/mol. The monoisotopic (exact) mass is 2170 g/mol. The number of rotatable bonds is 26. The van der Waals surface area contributed by atoms with Crippen LogP contribution in [0.5, 0.6) is 0 Å². The first-order valence-corrected chi connectivity index (χ1v) is 53.5. The maximum atomic E-state index is 12.9. The summed E-state index contributed by atoms with van der Waals surface area (Å²) in [4.78, 5) is 94.9. The van der Waals surface area contributed by atoms with Crippen LogP contribution in [0.1, 0.15) is 34.7 Å². The lowest BCUT2D eigenvalue weighted by Gasteiger charge is -1.99. The molecule has 10 aromatic heterocycles. The van der Waals surface area contributed by atoms with Gasteiger partial charge in [-0.3, -0.25) is 15.0 Å². The Labute approximate surface area is 842 Å². The summed E-state index contributed by atoms with van der Waals surface area (Å²) < 4.78 is 206. The van der Waals surface area contributed by atoms with Crippen LogP contribution in [0, 0.1) is 39.3 Å². The first-order chi connectivity index (χ1) is 70.6. The molecule has 149 heavy (non-hydrogen) atoms. The number of aryl methyl sites for hydroxylation is 7. The van der Waals surface area contributed by atoms with E-state index < -0.39 is 120 Å². The summed E-state index contributed by atoms with van der Waals surface area (Å²) in [6.45, 7) is 9.85. The molecule has 52 nitrogen and oxygen atoms in total. The first-order valence-electron chi connectivity index (χ1n) is 42.3.